The number of carbonyl (C=O) groups excluding carboxylic acids is 1. The van der Waals surface area contributed by atoms with Gasteiger partial charge in [0.25, 0.3) is 0 Å². The first-order chi connectivity index (χ1) is 17.4. The van der Waals surface area contributed by atoms with Crippen molar-refractivity contribution in [3.63, 3.8) is 0 Å². The first kappa shape index (κ1) is 27.3. The number of aliphatic hydroxyl groups is 1. The summed E-state index contributed by atoms with van der Waals surface area (Å²) in [7, 11) is -4.12. The Hall–Kier alpha value is -2.76. The average molecular weight is 570 g/mol. The Bertz CT molecular complexity index is 1340. The number of halogens is 4. The number of aliphatic hydroxyl groups excluding tert-OH is 1. The molecule has 12 heteroatoms. The van der Waals surface area contributed by atoms with E-state index in [2.05, 4.69) is 0 Å². The molecule has 3 aromatic rings. The highest BCUT2D eigenvalue weighted by molar-refractivity contribution is 7.92. The summed E-state index contributed by atoms with van der Waals surface area (Å²) in [5.41, 5.74) is 6.63. The van der Waals surface area contributed by atoms with E-state index in [0.29, 0.717) is 16.1 Å². The summed E-state index contributed by atoms with van der Waals surface area (Å²) in [6.45, 7) is -0.00384. The second kappa shape index (κ2) is 10.5. The van der Waals surface area contributed by atoms with Crippen LogP contribution in [0.4, 0.5) is 14.5 Å². The monoisotopic (exact) mass is 569 g/mol. The fraction of sp³-hybridized carbons (Fsp3) is 0.240. The van der Waals surface area contributed by atoms with Gasteiger partial charge in [-0.3, -0.25) is 14.0 Å². The number of amides is 1. The highest BCUT2D eigenvalue weighted by Crippen LogP contribution is 2.41. The van der Waals surface area contributed by atoms with Crippen molar-refractivity contribution in [3.8, 4) is 0 Å². The van der Waals surface area contributed by atoms with E-state index in [0.717, 1.165) is 33.8 Å². The summed E-state index contributed by atoms with van der Waals surface area (Å²) in [6, 6.07) is 13.3. The number of hydrogen-bond acceptors (Lipinski definition) is 5. The minimum atomic E-state index is -4.12. The number of carbonyl (C=O) groups is 1. The molecule has 0 bridgehead atoms. The number of anilines is 1. The van der Waals surface area contributed by atoms with Crippen molar-refractivity contribution >= 4 is 44.8 Å². The third kappa shape index (κ3) is 5.73. The smallest absolute Gasteiger partial charge is 0.247 e. The lowest BCUT2D eigenvalue weighted by atomic mass is 9.84. The zero-order chi connectivity index (χ0) is 27.1. The van der Waals surface area contributed by atoms with Crippen LogP contribution in [-0.2, 0) is 14.8 Å². The Morgan fingerprint density at radius 1 is 1.00 bits per heavy atom. The summed E-state index contributed by atoms with van der Waals surface area (Å²) in [6.07, 6.45) is -0.925. The van der Waals surface area contributed by atoms with E-state index < -0.39 is 51.8 Å². The van der Waals surface area contributed by atoms with Crippen LogP contribution < -0.4 is 10.0 Å². The van der Waals surface area contributed by atoms with Crippen LogP contribution in [0, 0.1) is 11.6 Å². The maximum Gasteiger partial charge on any atom is 0.247 e. The number of nitrogens with two attached hydrogens (primary N) is 1. The Labute approximate surface area is 223 Å². The van der Waals surface area contributed by atoms with Crippen LogP contribution >= 0.6 is 23.2 Å². The minimum absolute atomic E-state index is 0.00384. The molecular weight excluding hydrogens is 547 g/mol. The van der Waals surface area contributed by atoms with Crippen LogP contribution in [0.15, 0.2) is 66.7 Å². The van der Waals surface area contributed by atoms with Gasteiger partial charge in [-0.05, 0) is 47.5 Å². The number of rotatable bonds is 8. The first-order valence-corrected chi connectivity index (χ1v) is 13.7. The second-order valence-electron chi connectivity index (χ2n) is 8.79. The lowest BCUT2D eigenvalue weighted by molar-refractivity contribution is -0.135. The molecule has 1 saturated heterocycles. The van der Waals surface area contributed by atoms with Gasteiger partial charge in [-0.1, -0.05) is 47.5 Å². The molecular formula is C25H23Cl2F2N3O4S. The molecule has 3 N–H and O–H groups in total. The van der Waals surface area contributed by atoms with Gasteiger partial charge in [-0.2, -0.15) is 0 Å². The van der Waals surface area contributed by atoms with Crippen molar-refractivity contribution in [3.05, 3.63) is 99.5 Å². The Balaban J connectivity index is 1.83. The molecule has 196 valence electrons. The zero-order valence-corrected chi connectivity index (χ0v) is 21.8. The molecule has 0 aliphatic carbocycles. The number of benzene rings is 3. The molecule has 0 aromatic heterocycles. The maximum atomic E-state index is 14.0. The van der Waals surface area contributed by atoms with Gasteiger partial charge in [0.2, 0.25) is 15.9 Å². The van der Waals surface area contributed by atoms with Crippen molar-refractivity contribution in [2.45, 2.75) is 24.2 Å². The standard InChI is InChI=1S/C25H23Cl2F2N3O4S/c1-37(35,36)32(20-11-18(28)10-19(29)12-20)21-13-31(23(21)24(33)25(30)34)22(14-2-6-16(26)7-3-14)15-4-8-17(27)9-5-15/h2-12,21-24,33H,13H2,1H3,(H2,30,34). The number of primary amides is 1. The first-order valence-electron chi connectivity index (χ1n) is 11.1. The summed E-state index contributed by atoms with van der Waals surface area (Å²) < 4.78 is 54.6. The van der Waals surface area contributed by atoms with Crippen molar-refractivity contribution < 1.29 is 27.1 Å². The van der Waals surface area contributed by atoms with E-state index in [-0.39, 0.29) is 12.2 Å². The van der Waals surface area contributed by atoms with Crippen molar-refractivity contribution in [2.75, 3.05) is 17.1 Å². The van der Waals surface area contributed by atoms with Crippen molar-refractivity contribution in [1.82, 2.24) is 4.90 Å². The van der Waals surface area contributed by atoms with Gasteiger partial charge in [0, 0.05) is 22.7 Å². The zero-order valence-electron chi connectivity index (χ0n) is 19.4. The molecule has 1 fully saturated rings. The molecule has 3 unspecified atom stereocenters. The third-order valence-electron chi connectivity index (χ3n) is 6.25. The molecule has 37 heavy (non-hydrogen) atoms. The third-order valence-corrected chi connectivity index (χ3v) is 7.95. The quantitative estimate of drug-likeness (QED) is 0.430. The van der Waals surface area contributed by atoms with E-state index >= 15 is 0 Å². The molecule has 3 aromatic carbocycles. The molecule has 1 heterocycles. The normalized spacial score (nSPS) is 18.9. The van der Waals surface area contributed by atoms with E-state index in [4.69, 9.17) is 28.9 Å². The molecule has 1 aliphatic rings. The Morgan fingerprint density at radius 2 is 1.46 bits per heavy atom. The fourth-order valence-electron chi connectivity index (χ4n) is 4.74. The van der Waals surface area contributed by atoms with Gasteiger partial charge < -0.3 is 10.8 Å². The molecule has 1 aliphatic heterocycles. The van der Waals surface area contributed by atoms with Crippen LogP contribution in [0.2, 0.25) is 10.0 Å². The Morgan fingerprint density at radius 3 is 1.86 bits per heavy atom. The van der Waals surface area contributed by atoms with Crippen LogP contribution in [0.3, 0.4) is 0 Å². The van der Waals surface area contributed by atoms with Crippen LogP contribution in [0.25, 0.3) is 0 Å². The highest BCUT2D eigenvalue weighted by atomic mass is 35.5. The van der Waals surface area contributed by atoms with Gasteiger partial charge in [-0.25, -0.2) is 17.2 Å². The molecule has 7 nitrogen and oxygen atoms in total. The van der Waals surface area contributed by atoms with Gasteiger partial charge in [0.1, 0.15) is 17.7 Å². The van der Waals surface area contributed by atoms with Gasteiger partial charge in [-0.15, -0.1) is 0 Å². The molecule has 1 amide bonds. The fourth-order valence-corrected chi connectivity index (χ4v) is 6.16. The van der Waals surface area contributed by atoms with Crippen LogP contribution in [-0.4, -0.2) is 55.3 Å². The largest absolute Gasteiger partial charge is 0.382 e. The molecule has 4 rings (SSSR count). The highest BCUT2D eigenvalue weighted by Gasteiger charge is 2.53. The number of hydrogen-bond donors (Lipinski definition) is 2. The summed E-state index contributed by atoms with van der Waals surface area (Å²) >= 11 is 12.1. The Kier molecular flexibility index (Phi) is 7.77. The molecule has 0 radical (unpaired) electrons. The number of nitrogens with zero attached hydrogens (tertiary/aromatic N) is 2. The number of likely N-dealkylation sites (tertiary alicyclic amines) is 1. The topological polar surface area (TPSA) is 104 Å². The van der Waals surface area contributed by atoms with Crippen molar-refractivity contribution in [2.24, 2.45) is 5.73 Å². The van der Waals surface area contributed by atoms with Gasteiger partial charge >= 0.3 is 0 Å². The minimum Gasteiger partial charge on any atom is -0.382 e. The summed E-state index contributed by atoms with van der Waals surface area (Å²) in [4.78, 5) is 13.9. The summed E-state index contributed by atoms with van der Waals surface area (Å²) in [5.74, 6) is -3.04. The average Bonchev–Trinajstić information content (AvgIpc) is 2.78. The van der Waals surface area contributed by atoms with Crippen molar-refractivity contribution in [1.29, 1.82) is 0 Å². The SMILES string of the molecule is CS(=O)(=O)N(c1cc(F)cc(F)c1)C1CN(C(c2ccc(Cl)cc2)c2ccc(Cl)cc2)C1C(O)C(N)=O. The van der Waals surface area contributed by atoms with Gasteiger partial charge in [0.15, 0.2) is 0 Å². The van der Waals surface area contributed by atoms with E-state index in [1.807, 2.05) is 0 Å². The predicted octanol–water partition coefficient (Wildman–Crippen LogP) is 3.73. The molecule has 3 atom stereocenters. The predicted molar refractivity (Wildman–Crippen MR) is 138 cm³/mol. The van der Waals surface area contributed by atoms with Crippen LogP contribution in [0.5, 0.6) is 0 Å². The summed E-state index contributed by atoms with van der Waals surface area (Å²) in [5, 5.41) is 11.8. The second-order valence-corrected chi connectivity index (χ2v) is 11.5. The number of sulfonamides is 1. The van der Waals surface area contributed by atoms with E-state index in [9.17, 15) is 27.1 Å². The van der Waals surface area contributed by atoms with E-state index in [1.54, 1.807) is 53.4 Å². The maximum absolute atomic E-state index is 14.0. The van der Waals surface area contributed by atoms with Crippen LogP contribution in [0.1, 0.15) is 17.2 Å². The lowest BCUT2D eigenvalue weighted by Crippen LogP contribution is -2.73. The lowest BCUT2D eigenvalue weighted by Gasteiger charge is -2.56. The van der Waals surface area contributed by atoms with E-state index in [1.165, 1.54) is 0 Å². The molecule has 0 spiro atoms. The molecule has 0 saturated carbocycles. The van der Waals surface area contributed by atoms with Gasteiger partial charge in [0.05, 0.1) is 30.1 Å².